The molecule has 0 aliphatic heterocycles. The molecule has 2 rings (SSSR count). The fourth-order valence-corrected chi connectivity index (χ4v) is 2.54. The summed E-state index contributed by atoms with van der Waals surface area (Å²) in [6.45, 7) is 9.05. The summed E-state index contributed by atoms with van der Waals surface area (Å²) in [7, 11) is 0. The van der Waals surface area contributed by atoms with Crippen molar-refractivity contribution in [3.8, 4) is 0 Å². The highest BCUT2D eigenvalue weighted by Crippen LogP contribution is 2.22. The molecule has 0 fully saturated rings. The normalized spacial score (nSPS) is 10.5. The first-order valence-corrected chi connectivity index (χ1v) is 7.63. The van der Waals surface area contributed by atoms with Gasteiger partial charge in [-0.3, -0.25) is 9.48 Å². The molecule has 0 unspecified atom stereocenters. The van der Waals surface area contributed by atoms with Crippen LogP contribution in [0.3, 0.4) is 0 Å². The predicted octanol–water partition coefficient (Wildman–Crippen LogP) is 3.69. The number of carbonyl (C=O) groups excluding carboxylic acids is 1. The lowest BCUT2D eigenvalue weighted by atomic mass is 10.2. The number of amides is 1. The lowest BCUT2D eigenvalue weighted by molar-refractivity contribution is 0.0750. The van der Waals surface area contributed by atoms with Gasteiger partial charge >= 0.3 is 0 Å². The van der Waals surface area contributed by atoms with E-state index in [0.29, 0.717) is 36.0 Å². The zero-order chi connectivity index (χ0) is 16.1. The van der Waals surface area contributed by atoms with E-state index in [0.717, 1.165) is 5.56 Å². The lowest BCUT2D eigenvalue weighted by Gasteiger charge is -2.21. The largest absolute Gasteiger partial charge is 0.329 e. The zero-order valence-electron chi connectivity index (χ0n) is 12.9. The number of hydrogen-bond acceptors (Lipinski definition) is 2. The summed E-state index contributed by atoms with van der Waals surface area (Å²) in [5.74, 6) is -0.129. The van der Waals surface area contributed by atoms with E-state index in [1.165, 1.54) is 0 Å². The molecule has 2 aromatic rings. The van der Waals surface area contributed by atoms with E-state index in [2.05, 4.69) is 11.7 Å². The van der Waals surface area contributed by atoms with Crippen molar-refractivity contribution < 1.29 is 4.79 Å². The first-order valence-electron chi connectivity index (χ1n) is 7.25. The van der Waals surface area contributed by atoms with Gasteiger partial charge in [-0.15, -0.1) is 6.58 Å². The minimum absolute atomic E-state index is 0.129. The Bertz CT molecular complexity index is 664. The zero-order valence-corrected chi connectivity index (χ0v) is 13.7. The van der Waals surface area contributed by atoms with Crippen LogP contribution in [0.15, 0.2) is 43.0 Å². The summed E-state index contributed by atoms with van der Waals surface area (Å²) in [4.78, 5) is 14.6. The lowest BCUT2D eigenvalue weighted by Crippen LogP contribution is -2.32. The third-order valence-corrected chi connectivity index (χ3v) is 3.86. The summed E-state index contributed by atoms with van der Waals surface area (Å²) < 4.78 is 1.65. The molecule has 0 atom stereocenters. The van der Waals surface area contributed by atoms with Crippen LogP contribution in [-0.4, -0.2) is 27.1 Å². The molecule has 0 saturated heterocycles. The highest BCUT2D eigenvalue weighted by molar-refractivity contribution is 6.34. The van der Waals surface area contributed by atoms with Crippen LogP contribution >= 0.6 is 11.6 Å². The van der Waals surface area contributed by atoms with Gasteiger partial charge in [0.1, 0.15) is 5.69 Å². The van der Waals surface area contributed by atoms with Crippen LogP contribution in [0.2, 0.25) is 5.02 Å². The molecule has 1 heterocycles. The van der Waals surface area contributed by atoms with Gasteiger partial charge < -0.3 is 4.90 Å². The molecule has 116 valence electrons. The average Bonchev–Trinajstić information content (AvgIpc) is 2.82. The molecular weight excluding hydrogens is 298 g/mol. The van der Waals surface area contributed by atoms with Gasteiger partial charge in [0.25, 0.3) is 5.91 Å². The number of carbonyl (C=O) groups is 1. The van der Waals surface area contributed by atoms with Crippen molar-refractivity contribution in [3.63, 3.8) is 0 Å². The van der Waals surface area contributed by atoms with E-state index in [9.17, 15) is 4.79 Å². The molecule has 0 bridgehead atoms. The van der Waals surface area contributed by atoms with Crippen LogP contribution in [0.5, 0.6) is 0 Å². The Balaban J connectivity index is 2.32. The van der Waals surface area contributed by atoms with Gasteiger partial charge in [-0.1, -0.05) is 48.0 Å². The molecular formula is C17H20ClN3O. The van der Waals surface area contributed by atoms with Crippen molar-refractivity contribution in [2.75, 3.05) is 6.54 Å². The number of hydrogen-bond donors (Lipinski definition) is 0. The molecule has 1 amide bonds. The molecule has 1 aromatic heterocycles. The Labute approximate surface area is 136 Å². The van der Waals surface area contributed by atoms with Crippen LogP contribution in [-0.2, 0) is 13.1 Å². The number of benzene rings is 1. The Morgan fingerprint density at radius 3 is 2.68 bits per heavy atom. The van der Waals surface area contributed by atoms with Crippen LogP contribution in [0.1, 0.15) is 28.7 Å². The molecule has 0 saturated carbocycles. The Morgan fingerprint density at radius 2 is 2.09 bits per heavy atom. The summed E-state index contributed by atoms with van der Waals surface area (Å²) in [6, 6.07) is 9.86. The monoisotopic (exact) mass is 317 g/mol. The molecule has 0 N–H and O–H groups in total. The third-order valence-electron chi connectivity index (χ3n) is 3.41. The van der Waals surface area contributed by atoms with E-state index in [1.807, 2.05) is 37.3 Å². The number of aryl methyl sites for hydroxylation is 2. The van der Waals surface area contributed by atoms with Gasteiger partial charge in [0.2, 0.25) is 0 Å². The van der Waals surface area contributed by atoms with Gasteiger partial charge in [-0.25, -0.2) is 0 Å². The topological polar surface area (TPSA) is 38.1 Å². The summed E-state index contributed by atoms with van der Waals surface area (Å²) >= 11 is 6.28. The van der Waals surface area contributed by atoms with Crippen LogP contribution < -0.4 is 0 Å². The van der Waals surface area contributed by atoms with Crippen molar-refractivity contribution in [1.82, 2.24) is 14.7 Å². The molecule has 0 aliphatic rings. The van der Waals surface area contributed by atoms with Crippen molar-refractivity contribution >= 4 is 17.5 Å². The molecule has 22 heavy (non-hydrogen) atoms. The highest BCUT2D eigenvalue weighted by atomic mass is 35.5. The van der Waals surface area contributed by atoms with E-state index >= 15 is 0 Å². The second-order valence-electron chi connectivity index (χ2n) is 5.02. The minimum atomic E-state index is -0.129. The minimum Gasteiger partial charge on any atom is -0.329 e. The number of rotatable bonds is 6. The fraction of sp³-hybridized carbons (Fsp3) is 0.294. The van der Waals surface area contributed by atoms with E-state index in [4.69, 9.17) is 11.6 Å². The van der Waals surface area contributed by atoms with Gasteiger partial charge in [-0.05, 0) is 19.4 Å². The number of aromatic nitrogens is 2. The van der Waals surface area contributed by atoms with E-state index in [-0.39, 0.29) is 5.91 Å². The fourth-order valence-electron chi connectivity index (χ4n) is 2.32. The average molecular weight is 318 g/mol. The highest BCUT2D eigenvalue weighted by Gasteiger charge is 2.24. The molecule has 0 radical (unpaired) electrons. The quantitative estimate of drug-likeness (QED) is 0.762. The van der Waals surface area contributed by atoms with Gasteiger partial charge in [0, 0.05) is 19.6 Å². The van der Waals surface area contributed by atoms with Crippen molar-refractivity contribution in [2.45, 2.75) is 26.9 Å². The van der Waals surface area contributed by atoms with Crippen LogP contribution in [0.4, 0.5) is 0 Å². The van der Waals surface area contributed by atoms with Crippen molar-refractivity contribution in [3.05, 3.63) is 65.0 Å². The summed E-state index contributed by atoms with van der Waals surface area (Å²) in [5.41, 5.74) is 2.18. The predicted molar refractivity (Wildman–Crippen MR) is 89.0 cm³/mol. The SMILES string of the molecule is C=CCN(Cc1ccccc1)C(=O)c1c(Cl)c(C)nn1CC. The second-order valence-corrected chi connectivity index (χ2v) is 5.40. The summed E-state index contributed by atoms with van der Waals surface area (Å²) in [6.07, 6.45) is 1.72. The Morgan fingerprint density at radius 1 is 1.41 bits per heavy atom. The standard InChI is InChI=1S/C17H20ClN3O/c1-4-11-20(12-14-9-7-6-8-10-14)17(22)16-15(18)13(3)19-21(16)5-2/h4,6-10H,1,5,11-12H2,2-3H3. The number of halogens is 1. The van der Waals surface area contributed by atoms with Crippen molar-refractivity contribution in [2.24, 2.45) is 0 Å². The molecule has 0 spiro atoms. The molecule has 0 aliphatic carbocycles. The maximum absolute atomic E-state index is 12.9. The van der Waals surface area contributed by atoms with Gasteiger partial charge in [-0.2, -0.15) is 5.10 Å². The molecule has 5 heteroatoms. The van der Waals surface area contributed by atoms with Crippen LogP contribution in [0, 0.1) is 6.92 Å². The van der Waals surface area contributed by atoms with E-state index in [1.54, 1.807) is 22.6 Å². The maximum Gasteiger partial charge on any atom is 0.274 e. The summed E-state index contributed by atoms with van der Waals surface area (Å²) in [5, 5.41) is 4.74. The van der Waals surface area contributed by atoms with Gasteiger partial charge in [0.15, 0.2) is 0 Å². The Hall–Kier alpha value is -2.07. The second kappa shape index (κ2) is 7.27. The first-order chi connectivity index (χ1) is 10.6. The van der Waals surface area contributed by atoms with Gasteiger partial charge in [0.05, 0.1) is 10.7 Å². The molecule has 1 aromatic carbocycles. The smallest absolute Gasteiger partial charge is 0.274 e. The Kier molecular flexibility index (Phi) is 5.39. The van der Waals surface area contributed by atoms with E-state index < -0.39 is 0 Å². The number of nitrogens with zero attached hydrogens (tertiary/aromatic N) is 3. The molecule has 4 nitrogen and oxygen atoms in total. The first kappa shape index (κ1) is 16.3. The van der Waals surface area contributed by atoms with Crippen molar-refractivity contribution in [1.29, 1.82) is 0 Å². The maximum atomic E-state index is 12.9. The third kappa shape index (κ3) is 3.39. The van der Waals surface area contributed by atoms with Crippen LogP contribution in [0.25, 0.3) is 0 Å².